The van der Waals surface area contributed by atoms with Gasteiger partial charge in [0.05, 0.1) is 4.58 Å². The van der Waals surface area contributed by atoms with Crippen LogP contribution in [0.1, 0.15) is 33.8 Å². The van der Waals surface area contributed by atoms with Crippen LogP contribution in [0.5, 0.6) is 0 Å². The summed E-state index contributed by atoms with van der Waals surface area (Å²) in [7, 11) is 0. The standard InChI is InChI=1S/C15H22N2OS2.ClH/c1-2-7-16-8-9-17-14(18)12-3-5-13(6-4-12)15-19-10-11-20-15;/h3-6,15-16H,2,7-11H2,1H3,(H,17,18);1H. The summed E-state index contributed by atoms with van der Waals surface area (Å²) in [6.07, 6.45) is 1.12. The fraction of sp³-hybridized carbons (Fsp3) is 0.533. The molecule has 1 aromatic carbocycles. The molecule has 2 N–H and O–H groups in total. The van der Waals surface area contributed by atoms with Gasteiger partial charge < -0.3 is 10.6 Å². The maximum absolute atomic E-state index is 12.0. The third-order valence-corrected chi connectivity index (χ3v) is 6.19. The van der Waals surface area contributed by atoms with Gasteiger partial charge in [0, 0.05) is 30.2 Å². The topological polar surface area (TPSA) is 41.1 Å². The summed E-state index contributed by atoms with van der Waals surface area (Å²) in [5.74, 6) is 2.46. The highest BCUT2D eigenvalue weighted by Crippen LogP contribution is 2.45. The molecule has 1 heterocycles. The molecule has 0 atom stereocenters. The number of nitrogens with one attached hydrogen (secondary N) is 2. The van der Waals surface area contributed by atoms with Crippen molar-refractivity contribution in [3.63, 3.8) is 0 Å². The summed E-state index contributed by atoms with van der Waals surface area (Å²) in [5.41, 5.74) is 2.07. The highest BCUT2D eigenvalue weighted by molar-refractivity contribution is 8.19. The monoisotopic (exact) mass is 346 g/mol. The van der Waals surface area contributed by atoms with Crippen LogP contribution in [0.3, 0.4) is 0 Å². The first-order valence-corrected chi connectivity index (χ1v) is 9.23. The number of amides is 1. The molecule has 0 spiro atoms. The Morgan fingerprint density at radius 3 is 2.43 bits per heavy atom. The molecular weight excluding hydrogens is 324 g/mol. The van der Waals surface area contributed by atoms with Gasteiger partial charge in [-0.3, -0.25) is 4.79 Å². The first kappa shape index (κ1) is 18.7. The van der Waals surface area contributed by atoms with Gasteiger partial charge >= 0.3 is 0 Å². The van der Waals surface area contributed by atoms with E-state index in [1.54, 1.807) is 0 Å². The molecule has 0 aliphatic carbocycles. The summed E-state index contributed by atoms with van der Waals surface area (Å²) in [6.45, 7) is 4.64. The predicted octanol–water partition coefficient (Wildman–Crippen LogP) is 3.32. The highest BCUT2D eigenvalue weighted by atomic mass is 35.5. The number of rotatable bonds is 7. The van der Waals surface area contributed by atoms with E-state index in [1.165, 1.54) is 17.1 Å². The van der Waals surface area contributed by atoms with Crippen molar-refractivity contribution >= 4 is 41.8 Å². The molecule has 21 heavy (non-hydrogen) atoms. The van der Waals surface area contributed by atoms with Crippen molar-refractivity contribution < 1.29 is 4.79 Å². The van der Waals surface area contributed by atoms with E-state index in [0.717, 1.165) is 25.1 Å². The van der Waals surface area contributed by atoms with Crippen LogP contribution < -0.4 is 10.6 Å². The highest BCUT2D eigenvalue weighted by Gasteiger charge is 2.18. The van der Waals surface area contributed by atoms with E-state index in [2.05, 4.69) is 29.7 Å². The Morgan fingerprint density at radius 1 is 1.14 bits per heavy atom. The fourth-order valence-corrected chi connectivity index (χ4v) is 4.87. The third kappa shape index (κ3) is 6.10. The van der Waals surface area contributed by atoms with Gasteiger partial charge in [-0.25, -0.2) is 0 Å². The maximum atomic E-state index is 12.0. The molecule has 1 aliphatic rings. The summed E-state index contributed by atoms with van der Waals surface area (Å²) in [5, 5.41) is 6.20. The van der Waals surface area contributed by atoms with Crippen molar-refractivity contribution in [1.82, 2.24) is 10.6 Å². The molecule has 1 aromatic rings. The molecule has 1 amide bonds. The van der Waals surface area contributed by atoms with Crippen LogP contribution in [-0.2, 0) is 0 Å². The molecule has 118 valence electrons. The van der Waals surface area contributed by atoms with E-state index >= 15 is 0 Å². The lowest BCUT2D eigenvalue weighted by Crippen LogP contribution is -2.32. The maximum Gasteiger partial charge on any atom is 0.251 e. The van der Waals surface area contributed by atoms with Crippen molar-refractivity contribution in [1.29, 1.82) is 0 Å². The summed E-state index contributed by atoms with van der Waals surface area (Å²) in [6, 6.07) is 8.04. The molecule has 0 unspecified atom stereocenters. The number of hydrogen-bond acceptors (Lipinski definition) is 4. The molecule has 0 aromatic heterocycles. The molecule has 0 radical (unpaired) electrons. The molecule has 0 bridgehead atoms. The van der Waals surface area contributed by atoms with Gasteiger partial charge in [-0.15, -0.1) is 35.9 Å². The summed E-state index contributed by atoms with van der Waals surface area (Å²) >= 11 is 3.97. The van der Waals surface area contributed by atoms with Crippen LogP contribution in [0, 0.1) is 0 Å². The largest absolute Gasteiger partial charge is 0.351 e. The van der Waals surface area contributed by atoms with E-state index < -0.39 is 0 Å². The van der Waals surface area contributed by atoms with Gasteiger partial charge in [0.15, 0.2) is 0 Å². The van der Waals surface area contributed by atoms with Crippen molar-refractivity contribution in [2.75, 3.05) is 31.1 Å². The van der Waals surface area contributed by atoms with Crippen molar-refractivity contribution in [2.45, 2.75) is 17.9 Å². The SMILES string of the molecule is CCCNCCNC(=O)c1ccc(C2SCCS2)cc1.Cl. The first-order valence-electron chi connectivity index (χ1n) is 7.13. The van der Waals surface area contributed by atoms with E-state index in [0.29, 0.717) is 11.1 Å². The Bertz CT molecular complexity index is 422. The van der Waals surface area contributed by atoms with Crippen molar-refractivity contribution in [2.24, 2.45) is 0 Å². The number of halogens is 1. The molecule has 2 rings (SSSR count). The quantitative estimate of drug-likeness (QED) is 0.743. The minimum Gasteiger partial charge on any atom is -0.351 e. The molecule has 0 saturated carbocycles. The lowest BCUT2D eigenvalue weighted by Gasteiger charge is -2.10. The lowest BCUT2D eigenvalue weighted by atomic mass is 10.1. The van der Waals surface area contributed by atoms with Gasteiger partial charge in [0.25, 0.3) is 5.91 Å². The zero-order valence-electron chi connectivity index (χ0n) is 12.3. The smallest absolute Gasteiger partial charge is 0.251 e. The minimum absolute atomic E-state index is 0. The number of benzene rings is 1. The number of thioether (sulfide) groups is 2. The molecule has 1 aliphatic heterocycles. The van der Waals surface area contributed by atoms with Crippen molar-refractivity contribution in [3.8, 4) is 0 Å². The van der Waals surface area contributed by atoms with Crippen LogP contribution in [-0.4, -0.2) is 37.0 Å². The molecule has 1 saturated heterocycles. The zero-order valence-corrected chi connectivity index (χ0v) is 14.7. The zero-order chi connectivity index (χ0) is 14.2. The van der Waals surface area contributed by atoms with Gasteiger partial charge in [-0.1, -0.05) is 19.1 Å². The Kier molecular flexibility index (Phi) is 9.24. The second-order valence-electron chi connectivity index (χ2n) is 4.70. The Balaban J connectivity index is 0.00000220. The molecular formula is C15H23ClN2OS2. The van der Waals surface area contributed by atoms with Crippen LogP contribution in [0.4, 0.5) is 0 Å². The Labute approximate surface area is 141 Å². The summed E-state index contributed by atoms with van der Waals surface area (Å²) < 4.78 is 0.547. The van der Waals surface area contributed by atoms with Gasteiger partial charge in [-0.2, -0.15) is 0 Å². The first-order chi connectivity index (χ1) is 9.81. The average molecular weight is 347 g/mol. The normalized spacial score (nSPS) is 14.7. The second-order valence-corrected chi connectivity index (χ2v) is 7.43. The summed E-state index contributed by atoms with van der Waals surface area (Å²) in [4.78, 5) is 12.0. The van der Waals surface area contributed by atoms with E-state index in [1.807, 2.05) is 35.7 Å². The van der Waals surface area contributed by atoms with Gasteiger partial charge in [-0.05, 0) is 30.7 Å². The lowest BCUT2D eigenvalue weighted by molar-refractivity contribution is 0.0954. The fourth-order valence-electron chi connectivity index (χ4n) is 2.01. The van der Waals surface area contributed by atoms with E-state index in [9.17, 15) is 4.79 Å². The van der Waals surface area contributed by atoms with Crippen molar-refractivity contribution in [3.05, 3.63) is 35.4 Å². The number of carbonyl (C=O) groups excluding carboxylic acids is 1. The second kappa shape index (κ2) is 10.4. The number of hydrogen-bond donors (Lipinski definition) is 2. The van der Waals surface area contributed by atoms with Crippen LogP contribution >= 0.6 is 35.9 Å². The minimum atomic E-state index is 0. The van der Waals surface area contributed by atoms with Gasteiger partial charge in [0.1, 0.15) is 0 Å². The van der Waals surface area contributed by atoms with E-state index in [4.69, 9.17) is 0 Å². The molecule has 3 nitrogen and oxygen atoms in total. The van der Waals surface area contributed by atoms with Crippen LogP contribution in [0.2, 0.25) is 0 Å². The molecule has 1 fully saturated rings. The average Bonchev–Trinajstić information content (AvgIpc) is 3.01. The Morgan fingerprint density at radius 2 is 1.81 bits per heavy atom. The third-order valence-electron chi connectivity index (χ3n) is 3.08. The van der Waals surface area contributed by atoms with Crippen LogP contribution in [0.15, 0.2) is 24.3 Å². The van der Waals surface area contributed by atoms with Gasteiger partial charge in [0.2, 0.25) is 0 Å². The number of carbonyl (C=O) groups is 1. The van der Waals surface area contributed by atoms with Crippen LogP contribution in [0.25, 0.3) is 0 Å². The molecule has 6 heteroatoms. The predicted molar refractivity (Wildman–Crippen MR) is 96.8 cm³/mol. The Hall–Kier alpha value is -0.360. The van der Waals surface area contributed by atoms with E-state index in [-0.39, 0.29) is 18.3 Å².